The number of fused-ring (bicyclic) bond motifs is 13. The van der Waals surface area contributed by atoms with Crippen LogP contribution in [0, 0.1) is 0 Å². The Balaban J connectivity index is 0.656. The minimum Gasteiger partial charge on any atom is -0.309 e. The van der Waals surface area contributed by atoms with E-state index in [9.17, 15) is 0 Å². The van der Waals surface area contributed by atoms with Crippen LogP contribution in [0.5, 0.6) is 0 Å². The number of hydrogen-bond donors (Lipinski definition) is 0. The van der Waals surface area contributed by atoms with Crippen molar-refractivity contribution in [2.75, 3.05) is 0 Å². The van der Waals surface area contributed by atoms with Gasteiger partial charge in [-0.3, -0.25) is 0 Å². The molecule has 0 radical (unpaired) electrons. The van der Waals surface area contributed by atoms with Gasteiger partial charge in [-0.15, -0.1) is 0 Å². The summed E-state index contributed by atoms with van der Waals surface area (Å²) in [5.74, 6) is 0. The first-order valence-corrected chi connectivity index (χ1v) is 29.6. The Morgan fingerprint density at radius 2 is 0.624 bits per heavy atom. The monoisotopic (exact) mass is 1080 g/mol. The molecule has 0 aliphatic heterocycles. The maximum atomic E-state index is 2.44. The number of rotatable bonds is 8. The van der Waals surface area contributed by atoms with Crippen LogP contribution >= 0.6 is 0 Å². The van der Waals surface area contributed by atoms with Crippen LogP contribution < -0.4 is 0 Å². The molecule has 1 aliphatic rings. The molecule has 398 valence electrons. The van der Waals surface area contributed by atoms with Gasteiger partial charge in [0.15, 0.2) is 0 Å². The zero-order valence-corrected chi connectivity index (χ0v) is 47.3. The molecular weight excluding hydrogens is 1020 g/mol. The zero-order chi connectivity index (χ0) is 56.3. The highest BCUT2D eigenvalue weighted by Gasteiger charge is 2.35. The number of aromatic nitrogens is 2. The fraction of sp³-hybridized carbons (Fsp3) is 0.0361. The first-order valence-electron chi connectivity index (χ1n) is 29.6. The van der Waals surface area contributed by atoms with Gasteiger partial charge < -0.3 is 9.13 Å². The molecule has 0 fully saturated rings. The van der Waals surface area contributed by atoms with Crippen LogP contribution in [0.25, 0.3) is 156 Å². The number of hydrogen-bond acceptors (Lipinski definition) is 0. The standard InChI is InChI=1S/C83H56N2/c1-83(2)75-49-53(33-37-57-39-45-63(67-25-9-7-21-61(57)67)59-41-47-81-73(51-59)71-27-11-13-29-79(71)84(81)77-31-15-19-55-17-3-5-23-65(55)77)35-43-69(75)70-44-36-54(50-76(70)83)34-38-58-40-46-64(68-26-10-8-22-62(58)68)60-42-48-82-74(52-60)72-28-12-14-30-80(72)85(82)78-32-16-20-56-18-4-6-24-66(56)78/h3-52H,1-2H3/b37-33+,38-34+. The predicted octanol–water partition coefficient (Wildman–Crippen LogP) is 22.5. The molecule has 85 heavy (non-hydrogen) atoms. The predicted molar refractivity (Wildman–Crippen MR) is 364 cm³/mol. The van der Waals surface area contributed by atoms with Crippen LogP contribution in [0.15, 0.2) is 279 Å². The molecule has 16 aromatic rings. The molecular formula is C83H56N2. The van der Waals surface area contributed by atoms with Crippen molar-refractivity contribution in [1.82, 2.24) is 9.13 Å². The lowest BCUT2D eigenvalue weighted by molar-refractivity contribution is 0.660. The maximum Gasteiger partial charge on any atom is 0.0541 e. The number of benzene rings is 14. The largest absolute Gasteiger partial charge is 0.309 e. The van der Waals surface area contributed by atoms with E-state index in [0.717, 1.165) is 0 Å². The van der Waals surface area contributed by atoms with Crippen LogP contribution in [0.1, 0.15) is 47.2 Å². The van der Waals surface area contributed by atoms with Gasteiger partial charge in [-0.25, -0.2) is 0 Å². The fourth-order valence-corrected chi connectivity index (χ4v) is 14.4. The second-order valence-corrected chi connectivity index (χ2v) is 23.6. The second kappa shape index (κ2) is 19.1. The van der Waals surface area contributed by atoms with Gasteiger partial charge in [0.25, 0.3) is 0 Å². The molecule has 0 N–H and O–H groups in total. The molecule has 1 aliphatic carbocycles. The lowest BCUT2D eigenvalue weighted by Crippen LogP contribution is -2.15. The van der Waals surface area contributed by atoms with Crippen molar-refractivity contribution in [2.45, 2.75) is 19.3 Å². The van der Waals surface area contributed by atoms with Crippen LogP contribution in [0.4, 0.5) is 0 Å². The minimum atomic E-state index is -0.175. The third-order valence-electron chi connectivity index (χ3n) is 18.5. The zero-order valence-electron chi connectivity index (χ0n) is 47.3. The highest BCUT2D eigenvalue weighted by Crippen LogP contribution is 2.50. The van der Waals surface area contributed by atoms with Gasteiger partial charge in [0, 0.05) is 37.7 Å². The van der Waals surface area contributed by atoms with Crippen molar-refractivity contribution in [3.8, 4) is 44.8 Å². The molecule has 2 nitrogen and oxygen atoms in total. The summed E-state index contributed by atoms with van der Waals surface area (Å²) in [6.07, 6.45) is 9.19. The Morgan fingerprint density at radius 1 is 0.259 bits per heavy atom. The van der Waals surface area contributed by atoms with Crippen molar-refractivity contribution >= 4 is 111 Å². The van der Waals surface area contributed by atoms with E-state index in [0.29, 0.717) is 0 Å². The number of nitrogens with zero attached hydrogens (tertiary/aromatic N) is 2. The van der Waals surface area contributed by atoms with Crippen LogP contribution in [-0.2, 0) is 5.41 Å². The fourth-order valence-electron chi connectivity index (χ4n) is 14.4. The molecule has 0 saturated heterocycles. The molecule has 0 spiro atoms. The van der Waals surface area contributed by atoms with Crippen LogP contribution in [0.2, 0.25) is 0 Å². The van der Waals surface area contributed by atoms with Gasteiger partial charge >= 0.3 is 0 Å². The Bertz CT molecular complexity index is 5170. The van der Waals surface area contributed by atoms with Crippen molar-refractivity contribution in [3.63, 3.8) is 0 Å². The number of para-hydroxylation sites is 2. The summed E-state index contributed by atoms with van der Waals surface area (Å²) in [6.45, 7) is 4.77. The SMILES string of the molecule is CC1(C)c2cc(/C=C/c3ccc(-c4ccc5c(c4)c4ccccc4n5-c4cccc5ccccc45)c4ccccc34)ccc2-c2ccc(/C=C/c3ccc(-c4ccc5c(c4)c4ccccc4n5-c4cccc5ccccc45)c4ccccc34)cc21. The van der Waals surface area contributed by atoms with Gasteiger partial charge in [0.1, 0.15) is 0 Å². The first kappa shape index (κ1) is 48.9. The Hall–Kier alpha value is -10.8. The molecule has 0 unspecified atom stereocenters. The van der Waals surface area contributed by atoms with Crippen LogP contribution in [-0.4, -0.2) is 9.13 Å². The van der Waals surface area contributed by atoms with Crippen molar-refractivity contribution in [3.05, 3.63) is 312 Å². The Kier molecular flexibility index (Phi) is 11.0. The van der Waals surface area contributed by atoms with E-state index in [2.05, 4.69) is 326 Å². The summed E-state index contributed by atoms with van der Waals surface area (Å²) in [6, 6.07) is 103. The average molecular weight is 1080 g/mol. The van der Waals surface area contributed by atoms with E-state index in [1.165, 1.54) is 165 Å². The quantitative estimate of drug-likeness (QED) is 0.134. The Labute approximate surface area is 493 Å². The van der Waals surface area contributed by atoms with Crippen LogP contribution in [0.3, 0.4) is 0 Å². The molecule has 0 atom stereocenters. The topological polar surface area (TPSA) is 9.86 Å². The highest BCUT2D eigenvalue weighted by atomic mass is 15.0. The molecule has 2 heterocycles. The van der Waals surface area contributed by atoms with E-state index in [1.54, 1.807) is 0 Å². The summed E-state index contributed by atoms with van der Waals surface area (Å²) in [7, 11) is 0. The van der Waals surface area contributed by atoms with Gasteiger partial charge in [0.2, 0.25) is 0 Å². The van der Waals surface area contributed by atoms with Crippen molar-refractivity contribution in [1.29, 1.82) is 0 Å². The summed E-state index contributed by atoms with van der Waals surface area (Å²) >= 11 is 0. The smallest absolute Gasteiger partial charge is 0.0541 e. The minimum absolute atomic E-state index is 0.175. The molecule has 14 aromatic carbocycles. The van der Waals surface area contributed by atoms with E-state index in [4.69, 9.17) is 0 Å². The lowest BCUT2D eigenvalue weighted by atomic mass is 9.81. The van der Waals surface area contributed by atoms with Crippen molar-refractivity contribution in [2.24, 2.45) is 0 Å². The van der Waals surface area contributed by atoms with E-state index >= 15 is 0 Å². The molecule has 0 saturated carbocycles. The average Bonchev–Trinajstić information content (AvgIpc) is 2.46. The lowest BCUT2D eigenvalue weighted by Gasteiger charge is -2.22. The third kappa shape index (κ3) is 7.72. The van der Waals surface area contributed by atoms with E-state index in [-0.39, 0.29) is 5.41 Å². The summed E-state index contributed by atoms with van der Waals surface area (Å²) in [5.41, 5.74) is 22.1. The summed E-state index contributed by atoms with van der Waals surface area (Å²) in [4.78, 5) is 0. The molecule has 0 bridgehead atoms. The molecule has 2 heteroatoms. The normalized spacial score (nSPS) is 13.1. The van der Waals surface area contributed by atoms with Crippen molar-refractivity contribution < 1.29 is 0 Å². The van der Waals surface area contributed by atoms with Gasteiger partial charge in [-0.1, -0.05) is 269 Å². The molecule has 2 aromatic heterocycles. The van der Waals surface area contributed by atoms with Gasteiger partial charge in [0.05, 0.1) is 33.4 Å². The maximum absolute atomic E-state index is 2.44. The summed E-state index contributed by atoms with van der Waals surface area (Å²) < 4.78 is 4.88. The molecule has 0 amide bonds. The third-order valence-corrected chi connectivity index (χ3v) is 18.5. The highest BCUT2D eigenvalue weighted by molar-refractivity contribution is 6.15. The second-order valence-electron chi connectivity index (χ2n) is 23.6. The summed E-state index contributed by atoms with van der Waals surface area (Å²) in [5, 5.41) is 15.0. The van der Waals surface area contributed by atoms with Gasteiger partial charge in [-0.05, 0) is 148 Å². The van der Waals surface area contributed by atoms with Gasteiger partial charge in [-0.2, -0.15) is 0 Å². The van der Waals surface area contributed by atoms with E-state index in [1.807, 2.05) is 0 Å². The van der Waals surface area contributed by atoms with E-state index < -0.39 is 0 Å². The molecule has 17 rings (SSSR count). The Morgan fingerprint density at radius 3 is 1.08 bits per heavy atom. The first-order chi connectivity index (χ1) is 41.9.